The largest absolute Gasteiger partial charge is 0.472 e. The van der Waals surface area contributed by atoms with Crippen LogP contribution in [0.3, 0.4) is 0 Å². The number of hydrogen-bond donors (Lipinski definition) is 1. The number of aliphatic hydroxyl groups excluding tert-OH is 1. The smallest absolute Gasteiger partial charge is 0.302 e. The van der Waals surface area contributed by atoms with Crippen molar-refractivity contribution in [1.29, 1.82) is 0 Å². The van der Waals surface area contributed by atoms with Gasteiger partial charge in [0.05, 0.1) is 24.5 Å². The monoisotopic (exact) mass is 528 g/mol. The molecule has 0 amide bonds. The van der Waals surface area contributed by atoms with Crippen LogP contribution in [0, 0.1) is 33.5 Å². The number of ether oxygens (including phenoxy) is 3. The molecule has 1 spiro atoms. The van der Waals surface area contributed by atoms with Gasteiger partial charge in [0.15, 0.2) is 5.78 Å². The number of carbonyl (C=O) groups is 3. The Hall–Kier alpha value is -2.19. The highest BCUT2D eigenvalue weighted by Crippen LogP contribution is 2.82. The number of fused-ring (bicyclic) bond motifs is 3. The molecule has 0 radical (unpaired) electrons. The Balaban J connectivity index is 1.54. The van der Waals surface area contributed by atoms with E-state index in [0.717, 1.165) is 18.4 Å². The van der Waals surface area contributed by atoms with E-state index in [0.29, 0.717) is 12.8 Å². The number of hydrogen-bond acceptors (Lipinski definition) is 8. The van der Waals surface area contributed by atoms with E-state index in [4.69, 9.17) is 18.6 Å². The molecule has 5 aliphatic rings. The number of Topliss-reactive ketones (excluding diaryl/α,β-unsaturated/α-hetero) is 1. The van der Waals surface area contributed by atoms with Crippen molar-refractivity contribution >= 4 is 17.7 Å². The molecule has 0 bridgehead atoms. The molecule has 1 aliphatic heterocycles. The number of furan rings is 1. The van der Waals surface area contributed by atoms with Crippen molar-refractivity contribution in [3.8, 4) is 0 Å². The molecule has 38 heavy (non-hydrogen) atoms. The number of ketones is 1. The van der Waals surface area contributed by atoms with E-state index in [1.54, 1.807) is 12.5 Å². The topological polar surface area (TPSA) is 116 Å². The number of carbonyl (C=O) groups excluding carboxylic acids is 3. The van der Waals surface area contributed by atoms with E-state index in [9.17, 15) is 19.5 Å². The lowest BCUT2D eigenvalue weighted by atomic mass is 9.35. The molecule has 0 aromatic carbocycles. The van der Waals surface area contributed by atoms with Crippen molar-refractivity contribution < 1.29 is 38.1 Å². The standard InChI is InChI=1S/C30H40O8/c1-15(31)36-21-13-20(33)26(3,4)19-12-22(37-16(2)32)29(7)18(28(19,21)6)8-10-27(5)23(17-9-11-35-14-17)24(34)25-30(27,29)38-25/h9,11,14,18-23,25,33H,8,10,12-13H2,1-7H3. The molecule has 1 aromatic rings. The van der Waals surface area contributed by atoms with E-state index in [2.05, 4.69) is 34.6 Å². The maximum atomic E-state index is 13.9. The summed E-state index contributed by atoms with van der Waals surface area (Å²) >= 11 is 0. The molecule has 8 heteroatoms. The molecule has 6 rings (SSSR count). The fraction of sp³-hybridized carbons (Fsp3) is 0.767. The second-order valence-electron chi connectivity index (χ2n) is 13.8. The van der Waals surface area contributed by atoms with Crippen LogP contribution in [0.4, 0.5) is 0 Å². The van der Waals surface area contributed by atoms with Crippen LogP contribution in [0.25, 0.3) is 0 Å². The Bertz CT molecular complexity index is 1190. The third-order valence-corrected chi connectivity index (χ3v) is 12.1. The van der Waals surface area contributed by atoms with E-state index < -0.39 is 51.7 Å². The summed E-state index contributed by atoms with van der Waals surface area (Å²) in [5, 5.41) is 11.3. The Labute approximate surface area is 223 Å². The minimum atomic E-state index is -0.822. The summed E-state index contributed by atoms with van der Waals surface area (Å²) in [5.74, 6) is -1.23. The third kappa shape index (κ3) is 2.81. The minimum Gasteiger partial charge on any atom is -0.472 e. The van der Waals surface area contributed by atoms with Crippen molar-refractivity contribution in [1.82, 2.24) is 0 Å². The summed E-state index contributed by atoms with van der Waals surface area (Å²) in [6.07, 6.45) is 3.28. The van der Waals surface area contributed by atoms with Crippen molar-refractivity contribution in [2.75, 3.05) is 0 Å². The van der Waals surface area contributed by atoms with E-state index in [-0.39, 0.29) is 35.5 Å². The van der Waals surface area contributed by atoms with Crippen LogP contribution in [-0.4, -0.2) is 52.8 Å². The normalized spacial score (nSPS) is 50.2. The SMILES string of the molecule is CC(=O)OC1CC(O)C(C)(C)C2CC(OC(C)=O)C3(C)C(CCC4(C)C(c5ccoc5)C(=O)C5OC543)C12C. The quantitative estimate of drug-likeness (QED) is 0.459. The molecule has 208 valence electrons. The van der Waals surface area contributed by atoms with Crippen LogP contribution in [0.15, 0.2) is 23.0 Å². The van der Waals surface area contributed by atoms with Gasteiger partial charge in [-0.3, -0.25) is 14.4 Å². The highest BCUT2D eigenvalue weighted by molar-refractivity contribution is 5.98. The molecule has 1 aromatic heterocycles. The predicted octanol–water partition coefficient (Wildman–Crippen LogP) is 4.19. The second kappa shape index (κ2) is 7.72. The summed E-state index contributed by atoms with van der Waals surface area (Å²) in [7, 11) is 0. The first kappa shape index (κ1) is 26.1. The maximum absolute atomic E-state index is 13.9. The van der Waals surface area contributed by atoms with E-state index >= 15 is 0 Å². The average molecular weight is 529 g/mol. The molecule has 1 N–H and O–H groups in total. The molecule has 2 heterocycles. The highest BCUT2D eigenvalue weighted by Gasteiger charge is 2.90. The van der Waals surface area contributed by atoms with Crippen molar-refractivity contribution in [2.45, 2.75) is 110 Å². The summed E-state index contributed by atoms with van der Waals surface area (Å²) in [6.45, 7) is 13.4. The van der Waals surface area contributed by atoms with Gasteiger partial charge in [-0.15, -0.1) is 0 Å². The molecule has 4 aliphatic carbocycles. The van der Waals surface area contributed by atoms with Gasteiger partial charge in [-0.25, -0.2) is 0 Å². The Kier molecular flexibility index (Phi) is 5.29. The first-order valence-corrected chi connectivity index (χ1v) is 13.9. The minimum absolute atomic E-state index is 0.0561. The van der Waals surface area contributed by atoms with Crippen molar-refractivity contribution in [2.24, 2.45) is 33.5 Å². The fourth-order valence-corrected chi connectivity index (χ4v) is 10.5. The molecule has 4 saturated carbocycles. The summed E-state index contributed by atoms with van der Waals surface area (Å²) in [5.41, 5.74) is -2.23. The molecule has 5 fully saturated rings. The number of aliphatic hydroxyl groups is 1. The van der Waals surface area contributed by atoms with Gasteiger partial charge in [0, 0.05) is 42.1 Å². The molecular weight excluding hydrogens is 488 g/mol. The van der Waals surface area contributed by atoms with Gasteiger partial charge in [0.2, 0.25) is 0 Å². The van der Waals surface area contributed by atoms with Gasteiger partial charge >= 0.3 is 11.9 Å². The Morgan fingerprint density at radius 3 is 2.26 bits per heavy atom. The predicted molar refractivity (Wildman–Crippen MR) is 135 cm³/mol. The summed E-state index contributed by atoms with van der Waals surface area (Å²) in [6, 6.07) is 1.87. The van der Waals surface area contributed by atoms with Crippen LogP contribution >= 0.6 is 0 Å². The van der Waals surface area contributed by atoms with Crippen LogP contribution in [-0.2, 0) is 28.6 Å². The van der Waals surface area contributed by atoms with Crippen molar-refractivity contribution in [3.05, 3.63) is 24.2 Å². The lowest BCUT2D eigenvalue weighted by Gasteiger charge is -2.70. The van der Waals surface area contributed by atoms with Gasteiger partial charge in [-0.1, -0.05) is 34.6 Å². The Morgan fingerprint density at radius 2 is 1.66 bits per heavy atom. The molecule has 8 nitrogen and oxygen atoms in total. The molecule has 11 atom stereocenters. The van der Waals surface area contributed by atoms with Gasteiger partial charge < -0.3 is 23.7 Å². The lowest BCUT2D eigenvalue weighted by molar-refractivity contribution is -0.288. The molecule has 1 saturated heterocycles. The van der Waals surface area contributed by atoms with Crippen molar-refractivity contribution in [3.63, 3.8) is 0 Å². The average Bonchev–Trinajstić information content (AvgIpc) is 3.30. The zero-order valence-corrected chi connectivity index (χ0v) is 23.4. The first-order valence-electron chi connectivity index (χ1n) is 13.9. The number of rotatable bonds is 3. The van der Waals surface area contributed by atoms with Crippen LogP contribution in [0.1, 0.15) is 85.6 Å². The number of esters is 2. The maximum Gasteiger partial charge on any atom is 0.302 e. The van der Waals surface area contributed by atoms with Gasteiger partial charge in [-0.2, -0.15) is 0 Å². The zero-order chi connectivity index (χ0) is 27.6. The summed E-state index contributed by atoms with van der Waals surface area (Å²) in [4.78, 5) is 38.8. The van der Waals surface area contributed by atoms with E-state index in [1.165, 1.54) is 13.8 Å². The number of epoxide rings is 1. The fourth-order valence-electron chi connectivity index (χ4n) is 10.5. The molecule has 11 unspecified atom stereocenters. The third-order valence-electron chi connectivity index (χ3n) is 12.1. The lowest BCUT2D eigenvalue weighted by Crippen LogP contribution is -2.74. The zero-order valence-electron chi connectivity index (χ0n) is 23.4. The van der Waals surface area contributed by atoms with Gasteiger partial charge in [0.1, 0.15) is 23.9 Å². The summed E-state index contributed by atoms with van der Waals surface area (Å²) < 4.78 is 24.1. The second-order valence-corrected chi connectivity index (χ2v) is 13.8. The highest BCUT2D eigenvalue weighted by atomic mass is 16.6. The van der Waals surface area contributed by atoms with Gasteiger partial charge in [-0.05, 0) is 42.6 Å². The van der Waals surface area contributed by atoms with Gasteiger partial charge in [0.25, 0.3) is 0 Å². The van der Waals surface area contributed by atoms with E-state index in [1.807, 2.05) is 6.07 Å². The molecular formula is C30H40O8. The van der Waals surface area contributed by atoms with Crippen LogP contribution < -0.4 is 0 Å². The van der Waals surface area contributed by atoms with Crippen LogP contribution in [0.5, 0.6) is 0 Å². The first-order chi connectivity index (χ1) is 17.7. The van der Waals surface area contributed by atoms with Crippen LogP contribution in [0.2, 0.25) is 0 Å². The Morgan fingerprint density at radius 1 is 1.00 bits per heavy atom.